The highest BCUT2D eigenvalue weighted by Gasteiger charge is 2.21. The normalized spacial score (nSPS) is 21.9. The van der Waals surface area contributed by atoms with Gasteiger partial charge in [0, 0.05) is 25.6 Å². The first-order chi connectivity index (χ1) is 7.29. The quantitative estimate of drug-likeness (QED) is 0.852. The van der Waals surface area contributed by atoms with Crippen molar-refractivity contribution in [2.75, 3.05) is 37.4 Å². The SMILES string of the molecule is COCC1CCCN(c2nc(N)cs2)C1. The van der Waals surface area contributed by atoms with Gasteiger partial charge in [-0.3, -0.25) is 0 Å². The van der Waals surface area contributed by atoms with Gasteiger partial charge in [-0.15, -0.1) is 11.3 Å². The maximum absolute atomic E-state index is 5.63. The Balaban J connectivity index is 1.98. The maximum atomic E-state index is 5.63. The van der Waals surface area contributed by atoms with Crippen molar-refractivity contribution in [1.29, 1.82) is 0 Å². The standard InChI is InChI=1S/C10H17N3OS/c1-14-6-8-3-2-4-13(5-8)10-12-9(11)7-15-10/h7-8H,2-6,11H2,1H3. The van der Waals surface area contributed by atoms with Crippen molar-refractivity contribution in [1.82, 2.24) is 4.98 Å². The van der Waals surface area contributed by atoms with E-state index in [9.17, 15) is 0 Å². The van der Waals surface area contributed by atoms with Crippen LogP contribution in [0.4, 0.5) is 10.9 Å². The average Bonchev–Trinajstić information content (AvgIpc) is 2.66. The summed E-state index contributed by atoms with van der Waals surface area (Å²) >= 11 is 1.63. The van der Waals surface area contributed by atoms with Gasteiger partial charge in [0.1, 0.15) is 5.82 Å². The molecule has 0 radical (unpaired) electrons. The van der Waals surface area contributed by atoms with Crippen LogP contribution in [0.5, 0.6) is 0 Å². The third-order valence-corrected chi connectivity index (χ3v) is 3.62. The largest absolute Gasteiger partial charge is 0.384 e. The molecule has 0 spiro atoms. The second-order valence-electron chi connectivity index (χ2n) is 3.96. The Morgan fingerprint density at radius 2 is 2.60 bits per heavy atom. The Morgan fingerprint density at radius 1 is 1.73 bits per heavy atom. The van der Waals surface area contributed by atoms with Crippen LogP contribution in [-0.2, 0) is 4.74 Å². The number of thiazole rings is 1. The van der Waals surface area contributed by atoms with E-state index in [0.29, 0.717) is 11.7 Å². The molecular formula is C10H17N3OS. The van der Waals surface area contributed by atoms with Crippen molar-refractivity contribution in [3.8, 4) is 0 Å². The molecule has 1 aromatic rings. The Kier molecular flexibility index (Phi) is 3.43. The summed E-state index contributed by atoms with van der Waals surface area (Å²) in [5.41, 5.74) is 5.63. The fourth-order valence-electron chi connectivity index (χ4n) is 2.03. The summed E-state index contributed by atoms with van der Waals surface area (Å²) < 4.78 is 5.20. The minimum atomic E-state index is 0.629. The van der Waals surface area contributed by atoms with E-state index in [2.05, 4.69) is 9.88 Å². The topological polar surface area (TPSA) is 51.4 Å². The Bertz CT molecular complexity index is 313. The zero-order valence-electron chi connectivity index (χ0n) is 8.98. The number of piperidine rings is 1. The highest BCUT2D eigenvalue weighted by molar-refractivity contribution is 7.14. The summed E-state index contributed by atoms with van der Waals surface area (Å²) in [6.45, 7) is 2.98. The smallest absolute Gasteiger partial charge is 0.187 e. The van der Waals surface area contributed by atoms with E-state index in [1.165, 1.54) is 12.8 Å². The number of hydrogen-bond donors (Lipinski definition) is 1. The van der Waals surface area contributed by atoms with Gasteiger partial charge in [-0.25, -0.2) is 4.98 Å². The van der Waals surface area contributed by atoms with Crippen LogP contribution in [0, 0.1) is 5.92 Å². The molecule has 1 aliphatic heterocycles. The second kappa shape index (κ2) is 4.81. The first-order valence-electron chi connectivity index (χ1n) is 5.24. The van der Waals surface area contributed by atoms with Gasteiger partial charge in [0.15, 0.2) is 5.13 Å². The molecule has 2 rings (SSSR count). The fourth-order valence-corrected chi connectivity index (χ4v) is 2.78. The molecule has 84 valence electrons. The molecule has 0 aliphatic carbocycles. The molecule has 0 aromatic carbocycles. The number of methoxy groups -OCH3 is 1. The van der Waals surface area contributed by atoms with Crippen molar-refractivity contribution < 1.29 is 4.74 Å². The molecule has 1 aliphatic rings. The average molecular weight is 227 g/mol. The molecule has 0 bridgehead atoms. The van der Waals surface area contributed by atoms with Crippen molar-refractivity contribution in [3.05, 3.63) is 5.38 Å². The summed E-state index contributed by atoms with van der Waals surface area (Å²) in [4.78, 5) is 6.62. The van der Waals surface area contributed by atoms with Crippen LogP contribution in [0.2, 0.25) is 0 Å². The van der Waals surface area contributed by atoms with Gasteiger partial charge in [-0.1, -0.05) is 0 Å². The van der Waals surface area contributed by atoms with Crippen LogP contribution in [0.3, 0.4) is 0 Å². The molecular weight excluding hydrogens is 210 g/mol. The van der Waals surface area contributed by atoms with Gasteiger partial charge in [-0.05, 0) is 18.8 Å². The third-order valence-electron chi connectivity index (χ3n) is 2.70. The van der Waals surface area contributed by atoms with Crippen molar-refractivity contribution in [2.24, 2.45) is 5.92 Å². The summed E-state index contributed by atoms with van der Waals surface area (Å²) in [7, 11) is 1.76. The van der Waals surface area contributed by atoms with Crippen LogP contribution in [0.25, 0.3) is 0 Å². The molecule has 1 unspecified atom stereocenters. The van der Waals surface area contributed by atoms with Gasteiger partial charge in [0.25, 0.3) is 0 Å². The molecule has 2 heterocycles. The van der Waals surface area contributed by atoms with Crippen LogP contribution in [0.15, 0.2) is 5.38 Å². The van der Waals surface area contributed by atoms with E-state index in [1.807, 2.05) is 5.38 Å². The van der Waals surface area contributed by atoms with E-state index < -0.39 is 0 Å². The van der Waals surface area contributed by atoms with Crippen LogP contribution in [0.1, 0.15) is 12.8 Å². The van der Waals surface area contributed by atoms with Gasteiger partial charge in [-0.2, -0.15) is 0 Å². The van der Waals surface area contributed by atoms with Gasteiger partial charge >= 0.3 is 0 Å². The molecule has 2 N–H and O–H groups in total. The van der Waals surface area contributed by atoms with Crippen molar-refractivity contribution >= 4 is 22.3 Å². The van der Waals surface area contributed by atoms with E-state index in [0.717, 1.165) is 24.8 Å². The highest BCUT2D eigenvalue weighted by Crippen LogP contribution is 2.26. The zero-order chi connectivity index (χ0) is 10.7. The van der Waals surface area contributed by atoms with E-state index in [4.69, 9.17) is 10.5 Å². The number of hydrogen-bond acceptors (Lipinski definition) is 5. The monoisotopic (exact) mass is 227 g/mol. The number of nitrogens with two attached hydrogens (primary N) is 1. The summed E-state index contributed by atoms with van der Waals surface area (Å²) in [6.07, 6.45) is 2.47. The Hall–Kier alpha value is -0.810. The predicted octanol–water partition coefficient (Wildman–Crippen LogP) is 1.59. The molecule has 1 aromatic heterocycles. The molecule has 0 saturated carbocycles. The number of ether oxygens (including phenoxy) is 1. The van der Waals surface area contributed by atoms with Crippen LogP contribution >= 0.6 is 11.3 Å². The third kappa shape index (κ3) is 2.60. The first kappa shape index (κ1) is 10.7. The Labute approximate surface area is 94.1 Å². The van der Waals surface area contributed by atoms with Crippen LogP contribution in [-0.4, -0.2) is 31.8 Å². The molecule has 5 heteroatoms. The fraction of sp³-hybridized carbons (Fsp3) is 0.700. The minimum absolute atomic E-state index is 0.629. The lowest BCUT2D eigenvalue weighted by molar-refractivity contribution is 0.143. The molecule has 1 saturated heterocycles. The summed E-state index contributed by atoms with van der Waals surface area (Å²) in [6, 6.07) is 0. The van der Waals surface area contributed by atoms with E-state index >= 15 is 0 Å². The minimum Gasteiger partial charge on any atom is -0.384 e. The van der Waals surface area contributed by atoms with E-state index in [-0.39, 0.29) is 0 Å². The number of nitrogens with zero attached hydrogens (tertiary/aromatic N) is 2. The number of anilines is 2. The number of rotatable bonds is 3. The molecule has 1 atom stereocenters. The number of aromatic nitrogens is 1. The van der Waals surface area contributed by atoms with Crippen molar-refractivity contribution in [2.45, 2.75) is 12.8 Å². The number of nitrogen functional groups attached to an aromatic ring is 1. The molecule has 15 heavy (non-hydrogen) atoms. The lowest BCUT2D eigenvalue weighted by Crippen LogP contribution is -2.37. The molecule has 4 nitrogen and oxygen atoms in total. The maximum Gasteiger partial charge on any atom is 0.187 e. The predicted molar refractivity (Wildman–Crippen MR) is 63.3 cm³/mol. The van der Waals surface area contributed by atoms with Crippen LogP contribution < -0.4 is 10.6 Å². The lowest BCUT2D eigenvalue weighted by Gasteiger charge is -2.32. The molecule has 0 amide bonds. The lowest BCUT2D eigenvalue weighted by atomic mass is 9.99. The van der Waals surface area contributed by atoms with Gasteiger partial charge in [0.2, 0.25) is 0 Å². The highest BCUT2D eigenvalue weighted by atomic mass is 32.1. The zero-order valence-corrected chi connectivity index (χ0v) is 9.80. The molecule has 1 fully saturated rings. The summed E-state index contributed by atoms with van der Waals surface area (Å²) in [5, 5.41) is 2.95. The van der Waals surface area contributed by atoms with Gasteiger partial charge in [0.05, 0.1) is 6.61 Å². The Morgan fingerprint density at radius 3 is 3.27 bits per heavy atom. The van der Waals surface area contributed by atoms with Gasteiger partial charge < -0.3 is 15.4 Å². The van der Waals surface area contributed by atoms with Crippen molar-refractivity contribution in [3.63, 3.8) is 0 Å². The first-order valence-corrected chi connectivity index (χ1v) is 6.12. The van der Waals surface area contributed by atoms with E-state index in [1.54, 1.807) is 18.4 Å². The second-order valence-corrected chi connectivity index (χ2v) is 4.80. The summed E-state index contributed by atoms with van der Waals surface area (Å²) in [5.74, 6) is 1.26.